The van der Waals surface area contributed by atoms with Gasteiger partial charge in [0.15, 0.2) is 0 Å². The zero-order valence-corrected chi connectivity index (χ0v) is 13.9. The SMILES string of the molecule is CN.COc1cccc(COC(=O)NC(C=O)C(C)(C)C)c1. The molecule has 1 atom stereocenters. The van der Waals surface area contributed by atoms with Crippen molar-refractivity contribution in [1.82, 2.24) is 5.32 Å². The van der Waals surface area contributed by atoms with Crippen molar-refractivity contribution < 1.29 is 19.1 Å². The zero-order valence-electron chi connectivity index (χ0n) is 13.9. The van der Waals surface area contributed by atoms with Gasteiger partial charge in [-0.05, 0) is 30.2 Å². The molecule has 0 aliphatic heterocycles. The Labute approximate surface area is 132 Å². The first-order valence-electron chi connectivity index (χ1n) is 6.96. The van der Waals surface area contributed by atoms with Gasteiger partial charge < -0.3 is 25.3 Å². The second-order valence-electron chi connectivity index (χ2n) is 5.55. The first-order chi connectivity index (χ1) is 10.4. The number of alkyl carbamates (subject to hydrolysis) is 1. The van der Waals surface area contributed by atoms with Gasteiger partial charge in [-0.1, -0.05) is 32.9 Å². The number of carbonyl (C=O) groups excluding carboxylic acids is 2. The van der Waals surface area contributed by atoms with Crippen LogP contribution in [-0.4, -0.2) is 32.6 Å². The molecule has 0 aliphatic carbocycles. The summed E-state index contributed by atoms with van der Waals surface area (Å²) in [5, 5.41) is 2.55. The van der Waals surface area contributed by atoms with Gasteiger partial charge >= 0.3 is 6.09 Å². The predicted molar refractivity (Wildman–Crippen MR) is 85.7 cm³/mol. The molecule has 0 saturated carbocycles. The molecule has 22 heavy (non-hydrogen) atoms. The van der Waals surface area contributed by atoms with Crippen LogP contribution in [0.25, 0.3) is 0 Å². The third-order valence-electron chi connectivity index (χ3n) is 2.85. The number of hydrogen-bond acceptors (Lipinski definition) is 5. The van der Waals surface area contributed by atoms with Gasteiger partial charge in [0.25, 0.3) is 0 Å². The van der Waals surface area contributed by atoms with Gasteiger partial charge in [0.05, 0.1) is 13.2 Å². The fraction of sp³-hybridized carbons (Fsp3) is 0.500. The van der Waals surface area contributed by atoms with Gasteiger partial charge in [-0.3, -0.25) is 0 Å². The summed E-state index contributed by atoms with van der Waals surface area (Å²) in [4.78, 5) is 22.6. The summed E-state index contributed by atoms with van der Waals surface area (Å²) in [6, 6.07) is 6.66. The molecule has 6 heteroatoms. The number of hydrogen-bond donors (Lipinski definition) is 2. The molecule has 1 aromatic rings. The van der Waals surface area contributed by atoms with E-state index in [2.05, 4.69) is 11.1 Å². The molecule has 0 saturated heterocycles. The van der Waals surface area contributed by atoms with Crippen molar-refractivity contribution in [2.75, 3.05) is 14.2 Å². The molecule has 0 fully saturated rings. The molecule has 0 heterocycles. The first kappa shape index (κ1) is 19.9. The number of nitrogens with one attached hydrogen (secondary N) is 1. The van der Waals surface area contributed by atoms with Crippen LogP contribution in [0.4, 0.5) is 4.79 Å². The summed E-state index contributed by atoms with van der Waals surface area (Å²) in [5.74, 6) is 0.701. The minimum absolute atomic E-state index is 0.124. The lowest BCUT2D eigenvalue weighted by atomic mass is 9.88. The molecule has 3 N–H and O–H groups in total. The van der Waals surface area contributed by atoms with Crippen LogP contribution < -0.4 is 15.8 Å². The van der Waals surface area contributed by atoms with Gasteiger partial charge in [0.2, 0.25) is 0 Å². The number of rotatable bonds is 5. The van der Waals surface area contributed by atoms with Crippen LogP contribution in [0, 0.1) is 5.41 Å². The Morgan fingerprint density at radius 3 is 2.50 bits per heavy atom. The van der Waals surface area contributed by atoms with Crippen molar-refractivity contribution >= 4 is 12.4 Å². The highest BCUT2D eigenvalue weighted by atomic mass is 16.5. The van der Waals surface area contributed by atoms with E-state index in [1.807, 2.05) is 39.0 Å². The Bertz CT molecular complexity index is 469. The van der Waals surface area contributed by atoms with Gasteiger partial charge in [-0.2, -0.15) is 0 Å². The molecular formula is C16H26N2O4. The lowest BCUT2D eigenvalue weighted by molar-refractivity contribution is -0.111. The van der Waals surface area contributed by atoms with Crippen molar-refractivity contribution in [3.05, 3.63) is 29.8 Å². The maximum absolute atomic E-state index is 11.7. The van der Waals surface area contributed by atoms with E-state index < -0.39 is 12.1 Å². The molecule has 6 nitrogen and oxygen atoms in total. The number of carbonyl (C=O) groups is 2. The molecule has 1 amide bonds. The van der Waals surface area contributed by atoms with Crippen molar-refractivity contribution in [3.8, 4) is 5.75 Å². The topological polar surface area (TPSA) is 90.7 Å². The van der Waals surface area contributed by atoms with Crippen molar-refractivity contribution in [2.24, 2.45) is 11.1 Å². The zero-order chi connectivity index (χ0) is 17.2. The molecule has 1 rings (SSSR count). The Hall–Kier alpha value is -2.08. The first-order valence-corrected chi connectivity index (χ1v) is 6.96. The number of methoxy groups -OCH3 is 1. The summed E-state index contributed by atoms with van der Waals surface area (Å²) in [5.41, 5.74) is 4.97. The molecular weight excluding hydrogens is 284 g/mol. The van der Waals surface area contributed by atoms with Crippen LogP contribution in [0.1, 0.15) is 26.3 Å². The molecule has 1 unspecified atom stereocenters. The van der Waals surface area contributed by atoms with Crippen LogP contribution in [0.5, 0.6) is 5.75 Å². The highest BCUT2D eigenvalue weighted by Gasteiger charge is 2.26. The second kappa shape index (κ2) is 9.78. The third kappa shape index (κ3) is 7.08. The molecule has 1 aromatic carbocycles. The Kier molecular flexibility index (Phi) is 8.86. The average Bonchev–Trinajstić information content (AvgIpc) is 2.51. The number of nitrogens with two attached hydrogens (primary N) is 1. The van der Waals surface area contributed by atoms with E-state index in [0.29, 0.717) is 12.0 Å². The largest absolute Gasteiger partial charge is 0.497 e. The van der Waals surface area contributed by atoms with E-state index in [0.717, 1.165) is 5.56 Å². The Balaban J connectivity index is 0.00000211. The minimum atomic E-state index is -0.611. The highest BCUT2D eigenvalue weighted by molar-refractivity contribution is 5.73. The maximum Gasteiger partial charge on any atom is 0.408 e. The van der Waals surface area contributed by atoms with Crippen LogP contribution >= 0.6 is 0 Å². The molecule has 0 aliphatic rings. The fourth-order valence-corrected chi connectivity index (χ4v) is 1.53. The third-order valence-corrected chi connectivity index (χ3v) is 2.85. The Morgan fingerprint density at radius 2 is 2.00 bits per heavy atom. The number of benzene rings is 1. The van der Waals surface area contributed by atoms with E-state index in [4.69, 9.17) is 9.47 Å². The summed E-state index contributed by atoms with van der Waals surface area (Å²) in [6.07, 6.45) is 0.104. The normalized spacial score (nSPS) is 11.5. The number of ether oxygens (including phenoxy) is 2. The molecule has 124 valence electrons. The van der Waals surface area contributed by atoms with E-state index in [1.165, 1.54) is 7.05 Å². The van der Waals surface area contributed by atoms with Crippen LogP contribution in [0.3, 0.4) is 0 Å². The van der Waals surface area contributed by atoms with Gasteiger partial charge in [-0.15, -0.1) is 0 Å². The fourth-order valence-electron chi connectivity index (χ4n) is 1.53. The van der Waals surface area contributed by atoms with Gasteiger partial charge in [-0.25, -0.2) is 4.79 Å². The quantitative estimate of drug-likeness (QED) is 0.813. The van der Waals surface area contributed by atoms with E-state index >= 15 is 0 Å². The number of amides is 1. The monoisotopic (exact) mass is 310 g/mol. The summed E-state index contributed by atoms with van der Waals surface area (Å²) in [7, 11) is 3.07. The summed E-state index contributed by atoms with van der Waals surface area (Å²) < 4.78 is 10.2. The molecule has 0 radical (unpaired) electrons. The molecule has 0 spiro atoms. The van der Waals surface area contributed by atoms with Crippen molar-refractivity contribution in [1.29, 1.82) is 0 Å². The lowest BCUT2D eigenvalue weighted by Crippen LogP contribution is -2.45. The Morgan fingerprint density at radius 1 is 1.36 bits per heavy atom. The van der Waals surface area contributed by atoms with Gasteiger partial charge in [0.1, 0.15) is 18.6 Å². The van der Waals surface area contributed by atoms with Crippen molar-refractivity contribution in [3.63, 3.8) is 0 Å². The summed E-state index contributed by atoms with van der Waals surface area (Å²) in [6.45, 7) is 5.73. The van der Waals surface area contributed by atoms with Crippen LogP contribution in [-0.2, 0) is 16.1 Å². The highest BCUT2D eigenvalue weighted by Crippen LogP contribution is 2.18. The maximum atomic E-state index is 11.7. The second-order valence-corrected chi connectivity index (χ2v) is 5.55. The number of aldehydes is 1. The molecule has 0 bridgehead atoms. The standard InChI is InChI=1S/C15H21NO4.CH5N/c1-15(2,3)13(9-17)16-14(18)20-10-11-6-5-7-12(8-11)19-4;1-2/h5-9,13H,10H2,1-4H3,(H,16,18);2H2,1H3. The lowest BCUT2D eigenvalue weighted by Gasteiger charge is -2.26. The van der Waals surface area contributed by atoms with E-state index in [-0.39, 0.29) is 12.0 Å². The summed E-state index contributed by atoms with van der Waals surface area (Å²) >= 11 is 0. The van der Waals surface area contributed by atoms with Gasteiger partial charge in [0, 0.05) is 0 Å². The van der Waals surface area contributed by atoms with Crippen LogP contribution in [0.15, 0.2) is 24.3 Å². The molecule has 0 aromatic heterocycles. The van der Waals surface area contributed by atoms with E-state index in [1.54, 1.807) is 13.2 Å². The van der Waals surface area contributed by atoms with Crippen LogP contribution in [0.2, 0.25) is 0 Å². The van der Waals surface area contributed by atoms with Crippen molar-refractivity contribution in [2.45, 2.75) is 33.4 Å². The van der Waals surface area contributed by atoms with E-state index in [9.17, 15) is 9.59 Å². The average molecular weight is 310 g/mol. The smallest absolute Gasteiger partial charge is 0.408 e. The minimum Gasteiger partial charge on any atom is -0.497 e. The predicted octanol–water partition coefficient (Wildman–Crippen LogP) is 2.11.